The summed E-state index contributed by atoms with van der Waals surface area (Å²) in [7, 11) is -4.13. The lowest BCUT2D eigenvalue weighted by Crippen LogP contribution is -2.41. The standard InChI is InChI=1S/C19H30O5SSi/c1-19(2,3)26(5,6)24-17-10-7-14-13-15(8-9-16(14)17)25(21,22)12-11-18(20)23-4/h8-9,13,17H,7,10-12H2,1-6H3. The fraction of sp³-hybridized carbons (Fsp3) is 0.632. The van der Waals surface area contributed by atoms with Gasteiger partial charge in [-0.05, 0) is 54.2 Å². The first-order chi connectivity index (χ1) is 11.9. The van der Waals surface area contributed by atoms with Crippen LogP contribution < -0.4 is 0 Å². The number of ether oxygens (including phenoxy) is 1. The molecule has 1 aromatic carbocycles. The molecule has 0 amide bonds. The molecule has 5 nitrogen and oxygen atoms in total. The van der Waals surface area contributed by atoms with Crippen molar-refractivity contribution >= 4 is 24.1 Å². The Morgan fingerprint density at radius 3 is 2.50 bits per heavy atom. The average Bonchev–Trinajstić information content (AvgIpc) is 2.93. The van der Waals surface area contributed by atoms with Gasteiger partial charge < -0.3 is 9.16 Å². The number of fused-ring (bicyclic) bond motifs is 1. The van der Waals surface area contributed by atoms with Crippen molar-refractivity contribution in [1.29, 1.82) is 0 Å². The van der Waals surface area contributed by atoms with E-state index in [4.69, 9.17) is 4.43 Å². The quantitative estimate of drug-likeness (QED) is 0.534. The van der Waals surface area contributed by atoms with Crippen LogP contribution in [0.4, 0.5) is 0 Å². The summed E-state index contributed by atoms with van der Waals surface area (Å²) < 4.78 is 36.0. The third kappa shape index (κ3) is 4.56. The van der Waals surface area contributed by atoms with Gasteiger partial charge in [0.2, 0.25) is 0 Å². The summed E-state index contributed by atoms with van der Waals surface area (Å²) in [6.07, 6.45) is 1.60. The van der Waals surface area contributed by atoms with Crippen molar-refractivity contribution in [3.05, 3.63) is 29.3 Å². The molecule has 0 spiro atoms. The van der Waals surface area contributed by atoms with Crippen LogP contribution >= 0.6 is 0 Å². The summed E-state index contributed by atoms with van der Waals surface area (Å²) in [5.41, 5.74) is 2.13. The number of carbonyl (C=O) groups excluding carboxylic acids is 1. The molecule has 1 aliphatic carbocycles. The molecular formula is C19H30O5SSi. The molecule has 1 unspecified atom stereocenters. The molecule has 0 N–H and O–H groups in total. The van der Waals surface area contributed by atoms with Crippen LogP contribution in [0, 0.1) is 0 Å². The second-order valence-electron chi connectivity index (χ2n) is 8.41. The minimum Gasteiger partial charge on any atom is -0.469 e. The predicted molar refractivity (Wildman–Crippen MR) is 104 cm³/mol. The molecule has 0 fully saturated rings. The van der Waals surface area contributed by atoms with Crippen LogP contribution in [0.1, 0.15) is 50.8 Å². The Morgan fingerprint density at radius 1 is 1.27 bits per heavy atom. The summed E-state index contributed by atoms with van der Waals surface area (Å²) >= 11 is 0. The molecule has 0 bridgehead atoms. The Morgan fingerprint density at radius 2 is 1.92 bits per heavy atom. The SMILES string of the molecule is COC(=O)CCS(=O)(=O)c1ccc2c(c1)CCC2O[Si](C)(C)C(C)(C)C. The highest BCUT2D eigenvalue weighted by molar-refractivity contribution is 7.91. The highest BCUT2D eigenvalue weighted by atomic mass is 32.2. The van der Waals surface area contributed by atoms with Crippen molar-refractivity contribution in [2.24, 2.45) is 0 Å². The topological polar surface area (TPSA) is 69.7 Å². The van der Waals surface area contributed by atoms with Crippen molar-refractivity contribution in [2.45, 2.75) is 69.2 Å². The number of benzene rings is 1. The number of methoxy groups -OCH3 is 1. The molecule has 7 heteroatoms. The third-order valence-corrected chi connectivity index (χ3v) is 11.7. The Balaban J connectivity index is 2.19. The largest absolute Gasteiger partial charge is 0.469 e. The van der Waals surface area contributed by atoms with E-state index in [1.54, 1.807) is 12.1 Å². The van der Waals surface area contributed by atoms with Gasteiger partial charge in [-0.3, -0.25) is 4.79 Å². The van der Waals surface area contributed by atoms with Gasteiger partial charge in [0.15, 0.2) is 18.2 Å². The van der Waals surface area contributed by atoms with Crippen LogP contribution in [0.2, 0.25) is 18.1 Å². The van der Waals surface area contributed by atoms with E-state index in [9.17, 15) is 13.2 Å². The average molecular weight is 399 g/mol. The van der Waals surface area contributed by atoms with Crippen LogP contribution in [-0.2, 0) is 30.2 Å². The number of sulfone groups is 1. The van der Waals surface area contributed by atoms with Gasteiger partial charge in [-0.2, -0.15) is 0 Å². The van der Waals surface area contributed by atoms with Crippen LogP contribution in [0.15, 0.2) is 23.1 Å². The Bertz CT molecular complexity index is 778. The van der Waals surface area contributed by atoms with E-state index in [2.05, 4.69) is 38.6 Å². The molecule has 0 aliphatic heterocycles. The summed E-state index contributed by atoms with van der Waals surface area (Å²) in [4.78, 5) is 11.5. The molecule has 0 heterocycles. The Labute approximate surface area is 158 Å². The molecule has 0 saturated heterocycles. The normalized spacial score (nSPS) is 17.8. The molecule has 1 atom stereocenters. The first kappa shape index (κ1) is 21.1. The number of hydrogen-bond acceptors (Lipinski definition) is 5. The van der Waals surface area contributed by atoms with Gasteiger partial charge in [-0.15, -0.1) is 0 Å². The second kappa shape index (κ2) is 7.44. The minimum atomic E-state index is -3.50. The smallest absolute Gasteiger partial charge is 0.306 e. The summed E-state index contributed by atoms with van der Waals surface area (Å²) in [5.74, 6) is -0.750. The second-order valence-corrected chi connectivity index (χ2v) is 15.3. The zero-order chi connectivity index (χ0) is 19.8. The first-order valence-corrected chi connectivity index (χ1v) is 13.5. The van der Waals surface area contributed by atoms with E-state index in [1.165, 1.54) is 7.11 Å². The van der Waals surface area contributed by atoms with Crippen molar-refractivity contribution in [2.75, 3.05) is 12.9 Å². The van der Waals surface area contributed by atoms with Gasteiger partial charge in [0.25, 0.3) is 0 Å². The van der Waals surface area contributed by atoms with E-state index in [-0.39, 0.29) is 28.2 Å². The van der Waals surface area contributed by atoms with Gasteiger partial charge in [0, 0.05) is 0 Å². The number of hydrogen-bond donors (Lipinski definition) is 0. The summed E-state index contributed by atoms with van der Waals surface area (Å²) in [6.45, 7) is 11.1. The highest BCUT2D eigenvalue weighted by Crippen LogP contribution is 2.43. The van der Waals surface area contributed by atoms with E-state index in [0.29, 0.717) is 0 Å². The minimum absolute atomic E-state index is 0.0396. The van der Waals surface area contributed by atoms with Crippen molar-refractivity contribution in [3.8, 4) is 0 Å². The maximum absolute atomic E-state index is 12.5. The maximum atomic E-state index is 12.5. The van der Waals surface area contributed by atoms with Crippen LogP contribution in [-0.4, -0.2) is 35.6 Å². The van der Waals surface area contributed by atoms with Gasteiger partial charge in [0.1, 0.15) is 0 Å². The number of carbonyl (C=O) groups is 1. The summed E-state index contributed by atoms with van der Waals surface area (Å²) in [6, 6.07) is 5.26. The maximum Gasteiger partial charge on any atom is 0.306 e. The number of rotatable bonds is 6. The van der Waals surface area contributed by atoms with Crippen LogP contribution in [0.3, 0.4) is 0 Å². The number of esters is 1. The third-order valence-electron chi connectivity index (χ3n) is 5.54. The fourth-order valence-electron chi connectivity index (χ4n) is 2.84. The van der Waals surface area contributed by atoms with Crippen molar-refractivity contribution in [1.82, 2.24) is 0 Å². The predicted octanol–water partition coefficient (Wildman–Crippen LogP) is 4.03. The summed E-state index contributed by atoms with van der Waals surface area (Å²) in [5, 5.41) is 0.132. The van der Waals surface area contributed by atoms with Crippen LogP contribution in [0.5, 0.6) is 0 Å². The van der Waals surface area contributed by atoms with E-state index in [0.717, 1.165) is 24.0 Å². The monoisotopic (exact) mass is 398 g/mol. The lowest BCUT2D eigenvalue weighted by Gasteiger charge is -2.38. The van der Waals surface area contributed by atoms with Gasteiger partial charge in [-0.1, -0.05) is 26.8 Å². The van der Waals surface area contributed by atoms with Crippen molar-refractivity contribution in [3.63, 3.8) is 0 Å². The van der Waals surface area contributed by atoms with E-state index in [1.807, 2.05) is 6.07 Å². The molecule has 0 saturated carbocycles. The Kier molecular flexibility index (Phi) is 6.05. The molecular weight excluding hydrogens is 368 g/mol. The zero-order valence-electron chi connectivity index (χ0n) is 16.6. The van der Waals surface area contributed by atoms with E-state index >= 15 is 0 Å². The lowest BCUT2D eigenvalue weighted by atomic mass is 10.1. The molecule has 0 radical (unpaired) electrons. The lowest BCUT2D eigenvalue weighted by molar-refractivity contribution is -0.140. The Hall–Kier alpha value is -1.18. The zero-order valence-corrected chi connectivity index (χ0v) is 18.4. The van der Waals surface area contributed by atoms with Crippen LogP contribution in [0.25, 0.3) is 0 Å². The molecule has 0 aromatic heterocycles. The molecule has 146 valence electrons. The van der Waals surface area contributed by atoms with Gasteiger partial charge >= 0.3 is 5.97 Å². The fourth-order valence-corrected chi connectivity index (χ4v) is 5.42. The first-order valence-electron chi connectivity index (χ1n) is 8.97. The molecule has 1 aromatic rings. The highest BCUT2D eigenvalue weighted by Gasteiger charge is 2.40. The van der Waals surface area contributed by atoms with Gasteiger partial charge in [-0.25, -0.2) is 8.42 Å². The molecule has 1 aliphatic rings. The van der Waals surface area contributed by atoms with Gasteiger partial charge in [0.05, 0.1) is 30.3 Å². The molecule has 2 rings (SSSR count). The van der Waals surface area contributed by atoms with Crippen molar-refractivity contribution < 1.29 is 22.4 Å². The number of aryl methyl sites for hydroxylation is 1. The van der Waals surface area contributed by atoms with E-state index < -0.39 is 24.1 Å². The molecule has 26 heavy (non-hydrogen) atoms.